The first kappa shape index (κ1) is 16.7. The zero-order valence-corrected chi connectivity index (χ0v) is 13.5. The van der Waals surface area contributed by atoms with Gasteiger partial charge in [-0.15, -0.1) is 0 Å². The fourth-order valence-electron chi connectivity index (χ4n) is 3.17. The zero-order chi connectivity index (χ0) is 18.3. The molecular weight excluding hydrogens is 348 g/mol. The Balaban J connectivity index is 1.90. The fraction of sp³-hybridized carbons (Fsp3) is 0.222. The Morgan fingerprint density at radius 3 is 2.50 bits per heavy atom. The summed E-state index contributed by atoms with van der Waals surface area (Å²) in [5, 5.41) is 7.80. The Labute approximate surface area is 146 Å². The molecular formula is C18H14F4N4. The van der Waals surface area contributed by atoms with E-state index in [1.54, 1.807) is 24.5 Å². The Kier molecular flexibility index (Phi) is 3.99. The molecule has 3 heterocycles. The summed E-state index contributed by atoms with van der Waals surface area (Å²) in [6.45, 7) is 1.95. The van der Waals surface area contributed by atoms with Gasteiger partial charge in [0, 0.05) is 36.6 Å². The molecule has 8 heteroatoms. The van der Waals surface area contributed by atoms with Crippen molar-refractivity contribution in [1.29, 1.82) is 0 Å². The molecule has 4 nitrogen and oxygen atoms in total. The number of benzene rings is 1. The van der Waals surface area contributed by atoms with Crippen LogP contribution in [0.4, 0.5) is 17.6 Å². The lowest BCUT2D eigenvalue weighted by Crippen LogP contribution is -2.28. The van der Waals surface area contributed by atoms with Crippen LogP contribution < -0.4 is 5.32 Å². The second kappa shape index (κ2) is 6.21. The van der Waals surface area contributed by atoms with Gasteiger partial charge in [0.25, 0.3) is 0 Å². The number of halogens is 4. The summed E-state index contributed by atoms with van der Waals surface area (Å²) < 4.78 is 54.4. The lowest BCUT2D eigenvalue weighted by Gasteiger charge is -2.16. The highest BCUT2D eigenvalue weighted by molar-refractivity contribution is 5.82. The molecule has 4 rings (SSSR count). The van der Waals surface area contributed by atoms with Gasteiger partial charge in [0.15, 0.2) is 0 Å². The van der Waals surface area contributed by atoms with E-state index in [1.807, 2.05) is 4.68 Å². The molecule has 26 heavy (non-hydrogen) atoms. The molecule has 0 radical (unpaired) electrons. The predicted molar refractivity (Wildman–Crippen MR) is 87.6 cm³/mol. The van der Waals surface area contributed by atoms with Gasteiger partial charge in [-0.3, -0.25) is 9.67 Å². The molecule has 0 fully saturated rings. The van der Waals surface area contributed by atoms with Crippen molar-refractivity contribution in [2.45, 2.75) is 19.3 Å². The third kappa shape index (κ3) is 2.86. The lowest BCUT2D eigenvalue weighted by atomic mass is 9.98. The number of rotatable bonds is 2. The largest absolute Gasteiger partial charge is 0.419 e. The summed E-state index contributed by atoms with van der Waals surface area (Å²) in [5.41, 5.74) is 2.01. The number of hydrogen-bond donors (Lipinski definition) is 1. The van der Waals surface area contributed by atoms with E-state index in [9.17, 15) is 17.6 Å². The second-order valence-corrected chi connectivity index (χ2v) is 6.00. The highest BCUT2D eigenvalue weighted by Crippen LogP contribution is 2.38. The summed E-state index contributed by atoms with van der Waals surface area (Å²) in [7, 11) is 0. The maximum absolute atomic E-state index is 14.1. The van der Waals surface area contributed by atoms with Crippen LogP contribution in [0, 0.1) is 5.82 Å². The number of nitrogens with one attached hydrogen (secondary N) is 1. The van der Waals surface area contributed by atoms with Gasteiger partial charge >= 0.3 is 6.18 Å². The van der Waals surface area contributed by atoms with Crippen molar-refractivity contribution in [2.75, 3.05) is 6.54 Å². The monoisotopic (exact) mass is 362 g/mol. The van der Waals surface area contributed by atoms with Gasteiger partial charge in [0.2, 0.25) is 0 Å². The maximum atomic E-state index is 14.1. The molecule has 1 aliphatic rings. The van der Waals surface area contributed by atoms with Gasteiger partial charge in [0.05, 0.1) is 17.8 Å². The van der Waals surface area contributed by atoms with Crippen molar-refractivity contribution < 1.29 is 17.6 Å². The quantitative estimate of drug-likeness (QED) is 0.704. The number of nitrogens with zero attached hydrogens (tertiary/aromatic N) is 3. The van der Waals surface area contributed by atoms with Crippen molar-refractivity contribution in [2.24, 2.45) is 0 Å². The topological polar surface area (TPSA) is 42.7 Å². The van der Waals surface area contributed by atoms with Crippen LogP contribution in [0.5, 0.6) is 0 Å². The van der Waals surface area contributed by atoms with E-state index in [2.05, 4.69) is 15.4 Å². The molecule has 134 valence electrons. The Morgan fingerprint density at radius 2 is 1.81 bits per heavy atom. The summed E-state index contributed by atoms with van der Waals surface area (Å²) in [4.78, 5) is 3.99. The van der Waals surface area contributed by atoms with E-state index in [1.165, 1.54) is 6.07 Å². The number of fused-ring (bicyclic) bond motifs is 1. The summed E-state index contributed by atoms with van der Waals surface area (Å²) in [5.74, 6) is -1.31. The molecule has 0 unspecified atom stereocenters. The van der Waals surface area contributed by atoms with E-state index in [4.69, 9.17) is 0 Å². The summed E-state index contributed by atoms with van der Waals surface area (Å²) >= 11 is 0. The SMILES string of the molecule is Fc1cc(-c2nn3c(c2-c2ccncc2)CNCC3)ccc1C(F)(F)F. The highest BCUT2D eigenvalue weighted by Gasteiger charge is 2.34. The molecule has 3 aromatic rings. The molecule has 0 atom stereocenters. The summed E-state index contributed by atoms with van der Waals surface area (Å²) in [6, 6.07) is 6.53. The van der Waals surface area contributed by atoms with Crippen LogP contribution in [0.25, 0.3) is 22.4 Å². The fourth-order valence-corrected chi connectivity index (χ4v) is 3.17. The van der Waals surface area contributed by atoms with E-state index >= 15 is 0 Å². The van der Waals surface area contributed by atoms with Crippen molar-refractivity contribution in [3.8, 4) is 22.4 Å². The first-order valence-corrected chi connectivity index (χ1v) is 8.03. The molecule has 1 N–H and O–H groups in total. The van der Waals surface area contributed by atoms with E-state index in [0.29, 0.717) is 24.3 Å². The second-order valence-electron chi connectivity index (χ2n) is 6.00. The first-order valence-electron chi connectivity index (χ1n) is 8.03. The van der Waals surface area contributed by atoms with Crippen LogP contribution in [-0.2, 0) is 19.3 Å². The van der Waals surface area contributed by atoms with Crippen LogP contribution in [-0.4, -0.2) is 21.3 Å². The average molecular weight is 362 g/mol. The molecule has 0 aliphatic carbocycles. The Hall–Kier alpha value is -2.74. The first-order chi connectivity index (χ1) is 12.4. The van der Waals surface area contributed by atoms with Crippen LogP contribution in [0.3, 0.4) is 0 Å². The summed E-state index contributed by atoms with van der Waals surface area (Å²) in [6.07, 6.45) is -1.46. The standard InChI is InChI=1S/C18H14F4N4/c19-14-9-12(1-2-13(14)18(20,21)22)17-16(11-3-5-23-6-4-11)15-10-24-7-8-26(15)25-17/h1-6,9,24H,7-8,10H2. The highest BCUT2D eigenvalue weighted by atomic mass is 19.4. The van der Waals surface area contributed by atoms with Crippen LogP contribution >= 0.6 is 0 Å². The molecule has 0 bridgehead atoms. The van der Waals surface area contributed by atoms with Crippen LogP contribution in [0.15, 0.2) is 42.7 Å². The molecule has 1 aliphatic heterocycles. The van der Waals surface area contributed by atoms with Crippen molar-refractivity contribution >= 4 is 0 Å². The number of aromatic nitrogens is 3. The van der Waals surface area contributed by atoms with Gasteiger partial charge in [-0.25, -0.2) is 4.39 Å². The molecule has 0 saturated carbocycles. The van der Waals surface area contributed by atoms with Gasteiger partial charge in [-0.2, -0.15) is 18.3 Å². The van der Waals surface area contributed by atoms with Gasteiger partial charge in [-0.1, -0.05) is 6.07 Å². The van der Waals surface area contributed by atoms with Gasteiger partial charge in [-0.05, 0) is 29.8 Å². The smallest absolute Gasteiger partial charge is 0.309 e. The zero-order valence-electron chi connectivity index (χ0n) is 13.5. The predicted octanol–water partition coefficient (Wildman–Crippen LogP) is 3.87. The van der Waals surface area contributed by atoms with Crippen LogP contribution in [0.2, 0.25) is 0 Å². The van der Waals surface area contributed by atoms with Crippen molar-refractivity contribution in [3.05, 3.63) is 59.8 Å². The third-order valence-electron chi connectivity index (χ3n) is 4.37. The molecule has 2 aromatic heterocycles. The third-order valence-corrected chi connectivity index (χ3v) is 4.37. The van der Waals surface area contributed by atoms with Crippen molar-refractivity contribution in [3.63, 3.8) is 0 Å². The molecule has 0 amide bonds. The minimum Gasteiger partial charge on any atom is -0.309 e. The van der Waals surface area contributed by atoms with E-state index in [-0.39, 0.29) is 0 Å². The van der Waals surface area contributed by atoms with Crippen LogP contribution in [0.1, 0.15) is 11.3 Å². The van der Waals surface area contributed by atoms with E-state index in [0.717, 1.165) is 35.5 Å². The maximum Gasteiger partial charge on any atom is 0.419 e. The molecule has 0 spiro atoms. The molecule has 0 saturated heterocycles. The molecule has 1 aromatic carbocycles. The Bertz CT molecular complexity index is 948. The van der Waals surface area contributed by atoms with Gasteiger partial charge in [0.1, 0.15) is 11.5 Å². The number of alkyl halides is 3. The lowest BCUT2D eigenvalue weighted by molar-refractivity contribution is -0.139. The number of hydrogen-bond acceptors (Lipinski definition) is 3. The van der Waals surface area contributed by atoms with E-state index < -0.39 is 17.6 Å². The minimum atomic E-state index is -4.73. The number of pyridine rings is 1. The normalized spacial score (nSPS) is 14.3. The van der Waals surface area contributed by atoms with Crippen molar-refractivity contribution in [1.82, 2.24) is 20.1 Å². The average Bonchev–Trinajstić information content (AvgIpc) is 3.01. The van der Waals surface area contributed by atoms with Gasteiger partial charge < -0.3 is 5.32 Å². The Morgan fingerprint density at radius 1 is 1.04 bits per heavy atom. The minimum absolute atomic E-state index is 0.309.